The van der Waals surface area contributed by atoms with Crippen molar-refractivity contribution in [2.45, 2.75) is 24.2 Å². The average Bonchev–Trinajstić information content (AvgIpc) is 2.76. The number of H-pyrrole nitrogens is 1. The van der Waals surface area contributed by atoms with E-state index in [2.05, 4.69) is 18.1 Å². The van der Waals surface area contributed by atoms with Crippen molar-refractivity contribution < 1.29 is 65.8 Å². The molecule has 0 amide bonds. The molecule has 172 valence electrons. The number of halogens is 1. The zero-order valence-electron chi connectivity index (χ0n) is 14.1. The van der Waals surface area contributed by atoms with Gasteiger partial charge in [0.15, 0.2) is 16.6 Å². The molecule has 7 N–H and O–H groups in total. The summed E-state index contributed by atoms with van der Waals surface area (Å²) in [4.78, 5) is 38.1. The Morgan fingerprint density at radius 1 is 1.20 bits per heavy atom. The number of rotatable bonds is 8. The van der Waals surface area contributed by atoms with Gasteiger partial charge in [0.1, 0.15) is 17.4 Å². The third-order valence-electron chi connectivity index (χ3n) is 3.43. The van der Waals surface area contributed by atoms with Crippen molar-refractivity contribution in [1.29, 1.82) is 0 Å². The third kappa shape index (κ3) is 6.16. The Kier molecular flexibility index (Phi) is 7.75. The van der Waals surface area contributed by atoms with Gasteiger partial charge >= 0.3 is 23.5 Å². The Bertz CT molecular complexity index is 1060. The summed E-state index contributed by atoms with van der Waals surface area (Å²) in [6.45, 7) is -1.67. The number of ether oxygens (including phenoxy) is 1. The SMILES string of the molecule is O=P(O)(O)OP(=O)(O)OP(=O)(O)O[C@H]1O[C@@H](n2ccc(=S)[nH]c2=S)C(O)(CF)[C@H]1O. The fraction of sp³-hybridized carbons (Fsp3) is 0.556. The Hall–Kier alpha value is -0.260. The number of aromatic amines is 1. The first-order valence-electron chi connectivity index (χ1n) is 7.25. The van der Waals surface area contributed by atoms with E-state index < -0.39 is 54.4 Å². The van der Waals surface area contributed by atoms with Crippen molar-refractivity contribution in [3.05, 3.63) is 21.7 Å². The molecule has 1 aliphatic rings. The fourth-order valence-corrected chi connectivity index (χ4v) is 5.85. The van der Waals surface area contributed by atoms with Gasteiger partial charge in [-0.15, -0.1) is 0 Å². The van der Waals surface area contributed by atoms with Crippen molar-refractivity contribution >= 4 is 47.9 Å². The molecule has 2 heterocycles. The maximum atomic E-state index is 13.6. The number of nitrogens with one attached hydrogen (secondary N) is 1. The van der Waals surface area contributed by atoms with Crippen molar-refractivity contribution in [2.24, 2.45) is 0 Å². The quantitative estimate of drug-likeness (QED) is 0.178. The second-order valence-corrected chi connectivity index (χ2v) is 10.8. The largest absolute Gasteiger partial charge is 0.490 e. The average molecular weight is 534 g/mol. The van der Waals surface area contributed by atoms with E-state index in [0.717, 1.165) is 10.8 Å². The Labute approximate surface area is 176 Å². The van der Waals surface area contributed by atoms with Gasteiger partial charge in [-0.25, -0.2) is 18.1 Å². The molecule has 21 heteroatoms. The summed E-state index contributed by atoms with van der Waals surface area (Å²) in [6, 6.07) is 1.26. The number of hydrogen-bond acceptors (Lipinski definition) is 11. The molecular weight excluding hydrogens is 520 g/mol. The van der Waals surface area contributed by atoms with Crippen LogP contribution in [0.2, 0.25) is 0 Å². The lowest BCUT2D eigenvalue weighted by atomic mass is 9.98. The first-order valence-corrected chi connectivity index (χ1v) is 12.6. The lowest BCUT2D eigenvalue weighted by Gasteiger charge is -2.28. The maximum absolute atomic E-state index is 13.6. The number of nitrogens with zero attached hydrogens (tertiary/aromatic N) is 1. The van der Waals surface area contributed by atoms with Crippen LogP contribution in [0.5, 0.6) is 0 Å². The second kappa shape index (κ2) is 8.94. The van der Waals surface area contributed by atoms with Gasteiger partial charge in [-0.2, -0.15) is 8.62 Å². The summed E-state index contributed by atoms with van der Waals surface area (Å²) >= 11 is 9.79. The van der Waals surface area contributed by atoms with Crippen molar-refractivity contribution in [1.82, 2.24) is 9.55 Å². The highest BCUT2D eigenvalue weighted by Crippen LogP contribution is 2.67. The molecule has 1 aliphatic heterocycles. The van der Waals surface area contributed by atoms with Crippen LogP contribution in [0.25, 0.3) is 0 Å². The summed E-state index contributed by atoms with van der Waals surface area (Å²) in [6.07, 6.45) is -5.41. The molecule has 1 saturated heterocycles. The molecule has 0 aromatic carbocycles. The van der Waals surface area contributed by atoms with Gasteiger partial charge in [0, 0.05) is 6.20 Å². The van der Waals surface area contributed by atoms with Crippen LogP contribution in [-0.4, -0.2) is 64.0 Å². The standard InChI is InChI=1S/C9H14FN2O13P3S2/c10-3-9(14)5(13)6(22-7(9)12-2-1-4(29)11-8(12)30)23-27(18,19)25-28(20,21)24-26(15,16)17/h1-2,5-7,13-14H,3H2,(H,18,19)(H,20,21)(H,11,29,30)(H2,15,16,17)/t5-,6+,7+,9?/m0/s1. The number of aliphatic hydroxyl groups is 2. The zero-order chi connectivity index (χ0) is 23.1. The first kappa shape index (κ1) is 26.0. The Balaban J connectivity index is 2.29. The van der Waals surface area contributed by atoms with E-state index in [1.54, 1.807) is 0 Å². The summed E-state index contributed by atoms with van der Waals surface area (Å²) in [5, 5.41) is 20.6. The van der Waals surface area contributed by atoms with E-state index in [4.69, 9.17) is 43.9 Å². The van der Waals surface area contributed by atoms with Crippen molar-refractivity contribution in [3.63, 3.8) is 0 Å². The molecule has 6 atom stereocenters. The number of phosphoric ester groups is 1. The first-order chi connectivity index (χ1) is 13.5. The number of aliphatic hydroxyl groups excluding tert-OH is 1. The second-order valence-electron chi connectivity index (χ2n) is 5.64. The van der Waals surface area contributed by atoms with Gasteiger partial charge in [0.25, 0.3) is 0 Å². The Morgan fingerprint density at radius 2 is 1.80 bits per heavy atom. The van der Waals surface area contributed by atoms with E-state index in [1.807, 2.05) is 0 Å². The van der Waals surface area contributed by atoms with Gasteiger partial charge in [-0.05, 0) is 18.3 Å². The van der Waals surface area contributed by atoms with Crippen LogP contribution < -0.4 is 0 Å². The zero-order valence-corrected chi connectivity index (χ0v) is 18.4. The van der Waals surface area contributed by atoms with Crippen molar-refractivity contribution in [2.75, 3.05) is 6.67 Å². The highest BCUT2D eigenvalue weighted by Gasteiger charge is 2.59. The molecule has 0 saturated carbocycles. The highest BCUT2D eigenvalue weighted by molar-refractivity contribution is 7.72. The van der Waals surface area contributed by atoms with Crippen LogP contribution in [0.3, 0.4) is 0 Å². The molecule has 0 radical (unpaired) electrons. The van der Waals surface area contributed by atoms with Gasteiger partial charge < -0.3 is 39.5 Å². The van der Waals surface area contributed by atoms with Crippen LogP contribution in [-0.2, 0) is 31.6 Å². The van der Waals surface area contributed by atoms with E-state index in [0.29, 0.717) is 0 Å². The highest BCUT2D eigenvalue weighted by atomic mass is 32.1. The molecule has 1 aromatic rings. The summed E-state index contributed by atoms with van der Waals surface area (Å²) in [7, 11) is -17.2. The third-order valence-corrected chi connectivity index (χ3v) is 7.78. The lowest BCUT2D eigenvalue weighted by molar-refractivity contribution is -0.138. The number of alkyl halides is 1. The lowest BCUT2D eigenvalue weighted by Crippen LogP contribution is -2.48. The van der Waals surface area contributed by atoms with Crippen LogP contribution in [0, 0.1) is 9.41 Å². The van der Waals surface area contributed by atoms with E-state index in [1.165, 1.54) is 6.07 Å². The van der Waals surface area contributed by atoms with Crippen LogP contribution in [0.4, 0.5) is 4.39 Å². The smallest absolute Gasteiger partial charge is 0.384 e. The van der Waals surface area contributed by atoms with E-state index in [9.17, 15) is 33.2 Å². The predicted molar refractivity (Wildman–Crippen MR) is 96.2 cm³/mol. The number of hydrogen-bond donors (Lipinski definition) is 7. The molecular formula is C9H14FN2O13P3S2. The molecule has 1 fully saturated rings. The van der Waals surface area contributed by atoms with Crippen LogP contribution >= 0.6 is 47.9 Å². The molecule has 30 heavy (non-hydrogen) atoms. The summed E-state index contributed by atoms with van der Waals surface area (Å²) in [5.74, 6) is 0. The Morgan fingerprint density at radius 3 is 2.30 bits per heavy atom. The minimum absolute atomic E-state index is 0.156. The van der Waals surface area contributed by atoms with Gasteiger partial charge in [-0.1, -0.05) is 12.2 Å². The minimum atomic E-state index is -5.85. The normalized spacial score (nSPS) is 31.2. The van der Waals surface area contributed by atoms with Crippen LogP contribution in [0.1, 0.15) is 6.23 Å². The van der Waals surface area contributed by atoms with Crippen molar-refractivity contribution in [3.8, 4) is 0 Å². The topological polar surface area (TPSA) is 230 Å². The fourth-order valence-electron chi connectivity index (χ4n) is 2.28. The van der Waals surface area contributed by atoms with Gasteiger partial charge in [0.2, 0.25) is 6.29 Å². The molecule has 2 rings (SSSR count). The van der Waals surface area contributed by atoms with Gasteiger partial charge in [0.05, 0.1) is 0 Å². The summed E-state index contributed by atoms with van der Waals surface area (Å²) in [5.41, 5.74) is -2.79. The molecule has 0 bridgehead atoms. The summed E-state index contributed by atoms with van der Waals surface area (Å²) < 4.78 is 64.7. The van der Waals surface area contributed by atoms with Crippen LogP contribution in [0.15, 0.2) is 12.3 Å². The monoisotopic (exact) mass is 534 g/mol. The van der Waals surface area contributed by atoms with E-state index in [-0.39, 0.29) is 9.41 Å². The number of phosphoric acid groups is 3. The van der Waals surface area contributed by atoms with Gasteiger partial charge in [-0.3, -0.25) is 9.09 Å². The predicted octanol–water partition coefficient (Wildman–Crippen LogP) is 0.535. The molecule has 15 nitrogen and oxygen atoms in total. The molecule has 0 aliphatic carbocycles. The minimum Gasteiger partial charge on any atom is -0.384 e. The molecule has 3 unspecified atom stereocenters. The maximum Gasteiger partial charge on any atom is 0.490 e. The molecule has 1 aromatic heterocycles. The molecule has 0 spiro atoms. The number of aromatic nitrogens is 2. The van der Waals surface area contributed by atoms with E-state index >= 15 is 0 Å².